The van der Waals surface area contributed by atoms with Gasteiger partial charge >= 0.3 is 0 Å². The molecule has 94 valence electrons. The lowest BCUT2D eigenvalue weighted by Crippen LogP contribution is -2.42. The van der Waals surface area contributed by atoms with Crippen LogP contribution >= 0.6 is 11.6 Å². The van der Waals surface area contributed by atoms with Crippen molar-refractivity contribution < 1.29 is 13.6 Å². The summed E-state index contributed by atoms with van der Waals surface area (Å²) in [6, 6.07) is 2.85. The van der Waals surface area contributed by atoms with E-state index in [9.17, 15) is 13.6 Å². The molecule has 5 heteroatoms. The molecule has 17 heavy (non-hydrogen) atoms. The molecule has 1 rings (SSSR count). The van der Waals surface area contributed by atoms with Crippen LogP contribution in [0.2, 0.25) is 0 Å². The summed E-state index contributed by atoms with van der Waals surface area (Å²) in [5.74, 6) is -1.88. The maximum absolute atomic E-state index is 13.4. The zero-order chi connectivity index (χ0) is 13.2. The summed E-state index contributed by atoms with van der Waals surface area (Å²) >= 11 is 5.82. The Bertz CT molecular complexity index is 429. The highest BCUT2D eigenvalue weighted by atomic mass is 35.5. The second kappa shape index (κ2) is 5.00. The highest BCUT2D eigenvalue weighted by Crippen LogP contribution is 2.25. The molecule has 0 bridgehead atoms. The Kier molecular flexibility index (Phi) is 4.09. The Labute approximate surface area is 104 Å². The molecular formula is C12H14ClF2NO. The molecule has 0 heterocycles. The number of carbonyl (C=O) groups is 1. The number of nitrogens with one attached hydrogen (secondary N) is 1. The molecule has 0 aliphatic rings. The molecule has 1 atom stereocenters. The molecule has 0 aliphatic carbocycles. The maximum Gasteiger partial charge on any atom is 0.243 e. The van der Waals surface area contributed by atoms with Crippen LogP contribution in [0.5, 0.6) is 0 Å². The van der Waals surface area contributed by atoms with Gasteiger partial charge in [0.25, 0.3) is 0 Å². The predicted octanol–water partition coefficient (Wildman–Crippen LogP) is 3.16. The number of hydrogen-bond acceptors (Lipinski definition) is 1. The average molecular weight is 262 g/mol. The van der Waals surface area contributed by atoms with Gasteiger partial charge in [-0.05, 0) is 39.0 Å². The summed E-state index contributed by atoms with van der Waals surface area (Å²) in [6.07, 6.45) is 0. The molecule has 1 unspecified atom stereocenters. The molecule has 1 amide bonds. The average Bonchev–Trinajstić information content (AvgIpc) is 2.18. The van der Waals surface area contributed by atoms with E-state index >= 15 is 0 Å². The standard InChI is InChI=1S/C12H14ClF2NO/c1-12(2,3)16-11(17)10(13)8-6-7(14)4-5-9(8)15/h4-6,10H,1-3H3,(H,16,17). The van der Waals surface area contributed by atoms with Crippen molar-refractivity contribution in [3.63, 3.8) is 0 Å². The summed E-state index contributed by atoms with van der Waals surface area (Å²) in [5.41, 5.74) is -0.637. The molecule has 0 aliphatic heterocycles. The van der Waals surface area contributed by atoms with Crippen molar-refractivity contribution in [1.29, 1.82) is 0 Å². The largest absolute Gasteiger partial charge is 0.350 e. The molecule has 2 nitrogen and oxygen atoms in total. The molecule has 1 aromatic carbocycles. The van der Waals surface area contributed by atoms with Crippen molar-refractivity contribution >= 4 is 17.5 Å². The van der Waals surface area contributed by atoms with E-state index < -0.39 is 28.5 Å². The van der Waals surface area contributed by atoms with Gasteiger partial charge in [-0.2, -0.15) is 0 Å². The second-order valence-corrected chi connectivity index (χ2v) is 5.20. The van der Waals surface area contributed by atoms with Crippen LogP contribution in [0.1, 0.15) is 31.7 Å². The van der Waals surface area contributed by atoms with Crippen molar-refractivity contribution in [1.82, 2.24) is 5.32 Å². The monoisotopic (exact) mass is 261 g/mol. The van der Waals surface area contributed by atoms with Gasteiger partial charge in [0.15, 0.2) is 0 Å². The topological polar surface area (TPSA) is 29.1 Å². The lowest BCUT2D eigenvalue weighted by atomic mass is 10.1. The number of alkyl halides is 1. The third-order valence-electron chi connectivity index (χ3n) is 1.96. The van der Waals surface area contributed by atoms with Crippen LogP contribution in [-0.2, 0) is 4.79 Å². The molecule has 0 saturated carbocycles. The number of rotatable bonds is 2. The second-order valence-electron chi connectivity index (χ2n) is 4.77. The molecule has 1 N–H and O–H groups in total. The summed E-state index contributed by atoms with van der Waals surface area (Å²) in [4.78, 5) is 11.7. The van der Waals surface area contributed by atoms with Gasteiger partial charge in [-0.25, -0.2) is 8.78 Å². The van der Waals surface area contributed by atoms with Crippen LogP contribution < -0.4 is 5.32 Å². The van der Waals surface area contributed by atoms with Gasteiger partial charge in [-0.1, -0.05) is 0 Å². The third-order valence-corrected chi connectivity index (χ3v) is 2.39. The van der Waals surface area contributed by atoms with Gasteiger partial charge in [0.1, 0.15) is 17.0 Å². The Morgan fingerprint density at radius 2 is 1.94 bits per heavy atom. The zero-order valence-corrected chi connectivity index (χ0v) is 10.6. The summed E-state index contributed by atoms with van der Waals surface area (Å²) in [5, 5.41) is 1.36. The normalized spacial score (nSPS) is 13.3. The molecule has 0 saturated heterocycles. The van der Waals surface area contributed by atoms with Gasteiger partial charge in [-0.15, -0.1) is 11.6 Å². The Morgan fingerprint density at radius 1 is 1.35 bits per heavy atom. The Morgan fingerprint density at radius 3 is 2.47 bits per heavy atom. The molecule has 0 spiro atoms. The number of hydrogen-bond donors (Lipinski definition) is 1. The van der Waals surface area contributed by atoms with Crippen LogP contribution in [0.4, 0.5) is 8.78 Å². The fraction of sp³-hybridized carbons (Fsp3) is 0.417. The fourth-order valence-electron chi connectivity index (χ4n) is 1.28. The molecule has 0 aromatic heterocycles. The first kappa shape index (κ1) is 13.9. The van der Waals surface area contributed by atoms with E-state index in [0.717, 1.165) is 18.2 Å². The molecule has 1 aromatic rings. The first-order chi connectivity index (χ1) is 7.70. The van der Waals surface area contributed by atoms with Crippen molar-refractivity contribution in [2.45, 2.75) is 31.7 Å². The van der Waals surface area contributed by atoms with Gasteiger partial charge in [-0.3, -0.25) is 4.79 Å². The van der Waals surface area contributed by atoms with Crippen molar-refractivity contribution in [2.75, 3.05) is 0 Å². The number of benzene rings is 1. The quantitative estimate of drug-likeness (QED) is 0.814. The summed E-state index contributed by atoms with van der Waals surface area (Å²) < 4.78 is 26.3. The van der Waals surface area contributed by atoms with E-state index in [4.69, 9.17) is 11.6 Å². The zero-order valence-electron chi connectivity index (χ0n) is 9.85. The minimum atomic E-state index is -1.25. The third kappa shape index (κ3) is 3.97. The highest BCUT2D eigenvalue weighted by molar-refractivity contribution is 6.30. The van der Waals surface area contributed by atoms with Crippen molar-refractivity contribution in [3.05, 3.63) is 35.4 Å². The number of amides is 1. The van der Waals surface area contributed by atoms with Crippen LogP contribution in [0.3, 0.4) is 0 Å². The minimum absolute atomic E-state index is 0.159. The highest BCUT2D eigenvalue weighted by Gasteiger charge is 2.25. The Balaban J connectivity index is 2.92. The van der Waals surface area contributed by atoms with E-state index in [1.807, 2.05) is 0 Å². The van der Waals surface area contributed by atoms with E-state index in [-0.39, 0.29) is 5.56 Å². The van der Waals surface area contributed by atoms with Crippen LogP contribution in [0.25, 0.3) is 0 Å². The first-order valence-corrected chi connectivity index (χ1v) is 5.55. The fourth-order valence-corrected chi connectivity index (χ4v) is 1.50. The van der Waals surface area contributed by atoms with Gasteiger partial charge in [0, 0.05) is 11.1 Å². The van der Waals surface area contributed by atoms with Crippen LogP contribution in [0.15, 0.2) is 18.2 Å². The van der Waals surface area contributed by atoms with E-state index in [0.29, 0.717) is 0 Å². The molecular weight excluding hydrogens is 248 g/mol. The summed E-state index contributed by atoms with van der Waals surface area (Å²) in [6.45, 7) is 5.32. The van der Waals surface area contributed by atoms with Crippen molar-refractivity contribution in [3.8, 4) is 0 Å². The Hall–Kier alpha value is -1.16. The lowest BCUT2D eigenvalue weighted by Gasteiger charge is -2.22. The van der Waals surface area contributed by atoms with Crippen LogP contribution in [-0.4, -0.2) is 11.4 Å². The number of carbonyl (C=O) groups excluding carboxylic acids is 1. The first-order valence-electron chi connectivity index (χ1n) is 5.12. The van der Waals surface area contributed by atoms with Gasteiger partial charge in [0.05, 0.1) is 0 Å². The van der Waals surface area contributed by atoms with Gasteiger partial charge in [0.2, 0.25) is 5.91 Å². The van der Waals surface area contributed by atoms with Gasteiger partial charge < -0.3 is 5.32 Å². The smallest absolute Gasteiger partial charge is 0.243 e. The van der Waals surface area contributed by atoms with Crippen LogP contribution in [0, 0.1) is 11.6 Å². The summed E-state index contributed by atoms with van der Waals surface area (Å²) in [7, 11) is 0. The predicted molar refractivity (Wildman–Crippen MR) is 62.8 cm³/mol. The SMILES string of the molecule is CC(C)(C)NC(=O)C(Cl)c1cc(F)ccc1F. The number of halogens is 3. The van der Waals surface area contributed by atoms with Crippen molar-refractivity contribution in [2.24, 2.45) is 0 Å². The van der Waals surface area contributed by atoms with E-state index in [1.165, 1.54) is 0 Å². The minimum Gasteiger partial charge on any atom is -0.350 e. The molecule has 0 fully saturated rings. The maximum atomic E-state index is 13.4. The molecule has 0 radical (unpaired) electrons. The van der Waals surface area contributed by atoms with E-state index in [2.05, 4.69) is 5.32 Å². The van der Waals surface area contributed by atoms with E-state index in [1.54, 1.807) is 20.8 Å². The lowest BCUT2D eigenvalue weighted by molar-refractivity contribution is -0.122.